The molecule has 1 fully saturated rings. The van der Waals surface area contributed by atoms with Crippen molar-refractivity contribution >= 4 is 11.9 Å². The molecule has 1 amide bonds. The average Bonchev–Trinajstić information content (AvgIpc) is 2.25. The van der Waals surface area contributed by atoms with Gasteiger partial charge in [0, 0.05) is 30.5 Å². The van der Waals surface area contributed by atoms with E-state index in [9.17, 15) is 9.59 Å². The smallest absolute Gasteiger partial charge is 0.410 e. The molecule has 2 heterocycles. The number of nitrogens with zero attached hydrogens (tertiary/aromatic N) is 2. The molecule has 0 N–H and O–H groups in total. The first-order valence-electron chi connectivity index (χ1n) is 6.71. The summed E-state index contributed by atoms with van der Waals surface area (Å²) in [6, 6.07) is 3.60. The normalized spacial score (nSPS) is 15.7. The third-order valence-corrected chi connectivity index (χ3v) is 3.10. The van der Waals surface area contributed by atoms with Crippen molar-refractivity contribution in [3.8, 4) is 0 Å². The zero-order valence-electron chi connectivity index (χ0n) is 12.3. The Kier molecular flexibility index (Phi) is 3.79. The van der Waals surface area contributed by atoms with Crippen LogP contribution in [0.15, 0.2) is 18.3 Å². The van der Waals surface area contributed by atoms with Crippen molar-refractivity contribution in [3.05, 3.63) is 29.6 Å². The third-order valence-electron chi connectivity index (χ3n) is 3.10. The van der Waals surface area contributed by atoms with Crippen LogP contribution in [0.4, 0.5) is 4.79 Å². The molecule has 0 aromatic carbocycles. The lowest BCUT2D eigenvalue weighted by Gasteiger charge is -2.38. The van der Waals surface area contributed by atoms with E-state index in [2.05, 4.69) is 4.98 Å². The summed E-state index contributed by atoms with van der Waals surface area (Å²) in [6.45, 7) is 8.19. The Morgan fingerprint density at radius 2 is 1.95 bits per heavy atom. The number of hydrogen-bond acceptors (Lipinski definition) is 4. The quantitative estimate of drug-likeness (QED) is 0.778. The van der Waals surface area contributed by atoms with Crippen LogP contribution in [0.25, 0.3) is 0 Å². The Morgan fingerprint density at radius 3 is 2.45 bits per heavy atom. The van der Waals surface area contributed by atoms with Gasteiger partial charge in [-0.05, 0) is 39.8 Å². The number of rotatable bonds is 2. The summed E-state index contributed by atoms with van der Waals surface area (Å²) < 4.78 is 5.25. The lowest BCUT2D eigenvalue weighted by molar-refractivity contribution is 0.00148. The highest BCUT2D eigenvalue weighted by Crippen LogP contribution is 2.22. The van der Waals surface area contributed by atoms with Gasteiger partial charge in [-0.25, -0.2) is 4.79 Å². The summed E-state index contributed by atoms with van der Waals surface area (Å²) in [5.74, 6) is -0.107. The van der Waals surface area contributed by atoms with Gasteiger partial charge in [-0.2, -0.15) is 0 Å². The maximum Gasteiger partial charge on any atom is 0.410 e. The van der Waals surface area contributed by atoms with E-state index >= 15 is 0 Å². The van der Waals surface area contributed by atoms with Crippen molar-refractivity contribution in [3.63, 3.8) is 0 Å². The number of carbonyl (C=O) groups is 2. The van der Waals surface area contributed by atoms with Gasteiger partial charge in [0.05, 0.1) is 5.92 Å². The fourth-order valence-electron chi connectivity index (χ4n) is 1.97. The second-order valence-electron chi connectivity index (χ2n) is 6.13. The largest absolute Gasteiger partial charge is 0.444 e. The van der Waals surface area contributed by atoms with Crippen LogP contribution < -0.4 is 0 Å². The number of ketones is 1. The van der Waals surface area contributed by atoms with Gasteiger partial charge in [0.15, 0.2) is 5.78 Å². The van der Waals surface area contributed by atoms with Crippen LogP contribution >= 0.6 is 0 Å². The lowest BCUT2D eigenvalue weighted by atomic mass is 9.92. The molecule has 1 saturated heterocycles. The first-order valence-corrected chi connectivity index (χ1v) is 6.71. The summed E-state index contributed by atoms with van der Waals surface area (Å²) in [6.07, 6.45) is 1.23. The molecular formula is C15H20N2O3. The minimum atomic E-state index is -0.507. The molecule has 2 rings (SSSR count). The maximum absolute atomic E-state index is 12.2. The fraction of sp³-hybridized carbons (Fsp3) is 0.533. The Balaban J connectivity index is 1.88. The molecule has 0 unspecified atom stereocenters. The predicted octanol–water partition coefficient (Wildman–Crippen LogP) is 2.44. The third kappa shape index (κ3) is 3.35. The summed E-state index contributed by atoms with van der Waals surface area (Å²) >= 11 is 0. The zero-order valence-corrected chi connectivity index (χ0v) is 12.3. The number of carbonyl (C=O) groups excluding carboxylic acids is 2. The summed E-state index contributed by atoms with van der Waals surface area (Å²) in [7, 11) is 0. The van der Waals surface area contributed by atoms with E-state index < -0.39 is 5.60 Å². The second-order valence-corrected chi connectivity index (χ2v) is 6.13. The van der Waals surface area contributed by atoms with Gasteiger partial charge >= 0.3 is 6.09 Å². The van der Waals surface area contributed by atoms with E-state index in [4.69, 9.17) is 4.74 Å². The number of pyridine rings is 1. The van der Waals surface area contributed by atoms with E-state index in [0.717, 1.165) is 5.69 Å². The SMILES string of the molecule is Cc1ccc(C(=O)C2CN(C(=O)OC(C)(C)C)C2)cn1. The number of aryl methyl sites for hydroxylation is 1. The number of aromatic nitrogens is 1. The summed E-state index contributed by atoms with van der Waals surface area (Å²) in [4.78, 5) is 29.6. The predicted molar refractivity (Wildman–Crippen MR) is 74.6 cm³/mol. The van der Waals surface area contributed by atoms with E-state index in [-0.39, 0.29) is 17.8 Å². The summed E-state index contributed by atoms with van der Waals surface area (Å²) in [5.41, 5.74) is 0.975. The second kappa shape index (κ2) is 5.23. The van der Waals surface area contributed by atoms with Crippen LogP contribution in [0.2, 0.25) is 0 Å². The Labute approximate surface area is 118 Å². The number of amides is 1. The van der Waals surface area contributed by atoms with Gasteiger partial charge in [-0.3, -0.25) is 9.78 Å². The molecular weight excluding hydrogens is 256 g/mol. The van der Waals surface area contributed by atoms with Crippen LogP contribution in [0.5, 0.6) is 0 Å². The monoisotopic (exact) mass is 276 g/mol. The number of Topliss-reactive ketones (excluding diaryl/α,β-unsaturated/α-hetero) is 1. The highest BCUT2D eigenvalue weighted by molar-refractivity contribution is 5.99. The molecule has 1 aliphatic heterocycles. The van der Waals surface area contributed by atoms with Crippen molar-refractivity contribution in [1.82, 2.24) is 9.88 Å². The molecule has 0 radical (unpaired) electrons. The minimum Gasteiger partial charge on any atom is -0.444 e. The van der Waals surface area contributed by atoms with Crippen LogP contribution in [0.1, 0.15) is 36.8 Å². The molecule has 0 aliphatic carbocycles. The lowest BCUT2D eigenvalue weighted by Crippen LogP contribution is -2.54. The standard InChI is InChI=1S/C15H20N2O3/c1-10-5-6-11(7-16-10)13(18)12-8-17(9-12)14(19)20-15(2,3)4/h5-7,12H,8-9H2,1-4H3. The molecule has 0 spiro atoms. The molecule has 1 aromatic rings. The zero-order chi connectivity index (χ0) is 14.9. The van der Waals surface area contributed by atoms with Crippen molar-refractivity contribution in [2.24, 2.45) is 5.92 Å². The first kappa shape index (κ1) is 14.5. The molecule has 0 bridgehead atoms. The molecule has 0 atom stereocenters. The fourth-order valence-corrected chi connectivity index (χ4v) is 1.97. The molecule has 108 valence electrons. The van der Waals surface area contributed by atoms with Crippen LogP contribution in [0.3, 0.4) is 0 Å². The molecule has 5 heteroatoms. The van der Waals surface area contributed by atoms with Gasteiger partial charge in [0.1, 0.15) is 5.60 Å². The Hall–Kier alpha value is -1.91. The molecule has 20 heavy (non-hydrogen) atoms. The van der Waals surface area contributed by atoms with Crippen molar-refractivity contribution in [2.45, 2.75) is 33.3 Å². The minimum absolute atomic E-state index is 0.0392. The van der Waals surface area contributed by atoms with Gasteiger partial charge in [0.25, 0.3) is 0 Å². The van der Waals surface area contributed by atoms with E-state index in [0.29, 0.717) is 18.7 Å². The Bertz CT molecular complexity index is 511. The van der Waals surface area contributed by atoms with Crippen molar-refractivity contribution in [2.75, 3.05) is 13.1 Å². The van der Waals surface area contributed by atoms with E-state index in [1.807, 2.05) is 33.8 Å². The number of ether oxygens (including phenoxy) is 1. The van der Waals surface area contributed by atoms with Gasteiger partial charge in [0.2, 0.25) is 0 Å². The van der Waals surface area contributed by atoms with Crippen LogP contribution in [-0.4, -0.2) is 40.5 Å². The van der Waals surface area contributed by atoms with Gasteiger partial charge in [-0.15, -0.1) is 0 Å². The molecule has 1 aromatic heterocycles. The van der Waals surface area contributed by atoms with E-state index in [1.54, 1.807) is 17.2 Å². The Morgan fingerprint density at radius 1 is 1.30 bits per heavy atom. The van der Waals surface area contributed by atoms with Crippen molar-refractivity contribution < 1.29 is 14.3 Å². The first-order chi connectivity index (χ1) is 9.26. The highest BCUT2D eigenvalue weighted by Gasteiger charge is 2.38. The van der Waals surface area contributed by atoms with E-state index in [1.165, 1.54) is 0 Å². The maximum atomic E-state index is 12.2. The average molecular weight is 276 g/mol. The molecule has 1 aliphatic rings. The topological polar surface area (TPSA) is 59.5 Å². The molecule has 5 nitrogen and oxygen atoms in total. The summed E-state index contributed by atoms with van der Waals surface area (Å²) in [5, 5.41) is 0. The molecule has 0 saturated carbocycles. The highest BCUT2D eigenvalue weighted by atomic mass is 16.6. The van der Waals surface area contributed by atoms with Crippen molar-refractivity contribution in [1.29, 1.82) is 0 Å². The van der Waals surface area contributed by atoms with Crippen LogP contribution in [-0.2, 0) is 4.74 Å². The van der Waals surface area contributed by atoms with Gasteiger partial charge < -0.3 is 9.64 Å². The van der Waals surface area contributed by atoms with Gasteiger partial charge in [-0.1, -0.05) is 0 Å². The number of likely N-dealkylation sites (tertiary alicyclic amines) is 1. The number of hydrogen-bond donors (Lipinski definition) is 0. The van der Waals surface area contributed by atoms with Crippen LogP contribution in [0, 0.1) is 12.8 Å².